The maximum atomic E-state index is 15.3. The summed E-state index contributed by atoms with van der Waals surface area (Å²) in [4.78, 5) is 0. The van der Waals surface area contributed by atoms with Gasteiger partial charge in [-0.25, -0.2) is 52.7 Å². The summed E-state index contributed by atoms with van der Waals surface area (Å²) in [5, 5.41) is -1.57. The van der Waals surface area contributed by atoms with Crippen molar-refractivity contribution in [1.29, 1.82) is 0 Å². The molecule has 0 fully saturated rings. The largest absolute Gasteiger partial charge is 0.204 e. The molecule has 40 heavy (non-hydrogen) atoms. The molecule has 5 aromatic rings. The zero-order chi connectivity index (χ0) is 29.2. The summed E-state index contributed by atoms with van der Waals surface area (Å²) in [6, 6.07) is 3.11. The predicted octanol–water partition coefficient (Wildman–Crippen LogP) is 9.51. The molecule has 0 bridgehead atoms. The second-order valence-electron chi connectivity index (χ2n) is 8.52. The van der Waals surface area contributed by atoms with Gasteiger partial charge in [0.1, 0.15) is 0 Å². The SMILES string of the molecule is Fc1cc(-c2cc3cc(F)c(F)c(F)c3c(-c3cc(F)c(F)c(F)c3)c2-c2cc(F)c(F)c(F)c2)cc(F)c1F. The summed E-state index contributed by atoms with van der Waals surface area (Å²) in [7, 11) is 0. The fraction of sp³-hybridized carbons (Fsp3) is 0. The van der Waals surface area contributed by atoms with E-state index in [4.69, 9.17) is 0 Å². The number of halogens is 12. The fourth-order valence-corrected chi connectivity index (χ4v) is 4.40. The van der Waals surface area contributed by atoms with Crippen LogP contribution in [0.4, 0.5) is 52.7 Å². The van der Waals surface area contributed by atoms with E-state index in [-0.39, 0.29) is 12.1 Å². The summed E-state index contributed by atoms with van der Waals surface area (Å²) in [6.45, 7) is 0. The van der Waals surface area contributed by atoms with E-state index in [1.165, 1.54) is 0 Å². The first-order chi connectivity index (χ1) is 18.8. The second kappa shape index (κ2) is 9.61. The lowest BCUT2D eigenvalue weighted by molar-refractivity contribution is 0.447. The van der Waals surface area contributed by atoms with Crippen LogP contribution in [0.5, 0.6) is 0 Å². The number of fused-ring (bicyclic) bond motifs is 1. The Morgan fingerprint density at radius 2 is 0.650 bits per heavy atom. The minimum absolute atomic E-state index is 0.281. The molecule has 0 aliphatic carbocycles. The molecule has 0 aliphatic rings. The highest BCUT2D eigenvalue weighted by atomic mass is 19.2. The Hall–Kier alpha value is -4.48. The van der Waals surface area contributed by atoms with Crippen molar-refractivity contribution in [3.8, 4) is 33.4 Å². The van der Waals surface area contributed by atoms with E-state index in [0.717, 1.165) is 6.07 Å². The molecule has 0 N–H and O–H groups in total. The van der Waals surface area contributed by atoms with Gasteiger partial charge in [0.05, 0.1) is 0 Å². The van der Waals surface area contributed by atoms with Crippen molar-refractivity contribution in [1.82, 2.24) is 0 Å². The Labute approximate surface area is 215 Å². The summed E-state index contributed by atoms with van der Waals surface area (Å²) in [5.41, 5.74) is -4.38. The molecule has 0 unspecified atom stereocenters. The zero-order valence-electron chi connectivity index (χ0n) is 19.2. The fourth-order valence-electron chi connectivity index (χ4n) is 4.40. The van der Waals surface area contributed by atoms with Crippen LogP contribution >= 0.6 is 0 Å². The highest BCUT2D eigenvalue weighted by molar-refractivity contribution is 6.10. The molecular formula is C28H8F12. The normalized spacial score (nSPS) is 11.5. The third-order valence-electron chi connectivity index (χ3n) is 6.10. The summed E-state index contributed by atoms with van der Waals surface area (Å²) >= 11 is 0. The average Bonchev–Trinajstić information content (AvgIpc) is 2.90. The van der Waals surface area contributed by atoms with E-state index in [2.05, 4.69) is 0 Å². The van der Waals surface area contributed by atoms with Crippen LogP contribution in [0.25, 0.3) is 44.2 Å². The molecule has 5 rings (SSSR count). The van der Waals surface area contributed by atoms with Crippen molar-refractivity contribution in [2.24, 2.45) is 0 Å². The topological polar surface area (TPSA) is 0 Å². The first kappa shape index (κ1) is 27.1. The van der Waals surface area contributed by atoms with E-state index in [1.54, 1.807) is 0 Å². The third-order valence-corrected chi connectivity index (χ3v) is 6.10. The Bertz CT molecular complexity index is 1810. The van der Waals surface area contributed by atoms with Crippen LogP contribution in [-0.4, -0.2) is 0 Å². The molecule has 0 aliphatic heterocycles. The molecule has 0 aromatic heterocycles. The van der Waals surface area contributed by atoms with Gasteiger partial charge < -0.3 is 0 Å². The van der Waals surface area contributed by atoms with Crippen LogP contribution in [0.15, 0.2) is 48.5 Å². The molecule has 5 aromatic carbocycles. The minimum atomic E-state index is -2.09. The molecule has 0 radical (unpaired) electrons. The molecule has 0 heterocycles. The molecule has 0 nitrogen and oxygen atoms in total. The van der Waals surface area contributed by atoms with Gasteiger partial charge in [0.2, 0.25) is 0 Å². The molecule has 0 amide bonds. The molecule has 0 atom stereocenters. The minimum Gasteiger partial charge on any atom is -0.204 e. The third kappa shape index (κ3) is 4.23. The molecule has 204 valence electrons. The van der Waals surface area contributed by atoms with Crippen molar-refractivity contribution in [2.45, 2.75) is 0 Å². The molecule has 12 heteroatoms. The molecule has 0 spiro atoms. The molecule has 0 saturated heterocycles. The second-order valence-corrected chi connectivity index (χ2v) is 8.52. The van der Waals surface area contributed by atoms with Crippen molar-refractivity contribution in [3.63, 3.8) is 0 Å². The quantitative estimate of drug-likeness (QED) is 0.149. The lowest BCUT2D eigenvalue weighted by atomic mass is 9.83. The predicted molar refractivity (Wildman–Crippen MR) is 120 cm³/mol. The van der Waals surface area contributed by atoms with E-state index in [1.807, 2.05) is 0 Å². The van der Waals surface area contributed by atoms with Crippen molar-refractivity contribution in [2.75, 3.05) is 0 Å². The van der Waals surface area contributed by atoms with Gasteiger partial charge >= 0.3 is 0 Å². The Balaban J connectivity index is 2.10. The van der Waals surface area contributed by atoms with Gasteiger partial charge in [-0.15, -0.1) is 0 Å². The van der Waals surface area contributed by atoms with Crippen molar-refractivity contribution < 1.29 is 52.7 Å². The Kier molecular flexibility index (Phi) is 6.51. The lowest BCUT2D eigenvalue weighted by Gasteiger charge is -2.21. The number of hydrogen-bond acceptors (Lipinski definition) is 0. The van der Waals surface area contributed by atoms with Gasteiger partial charge in [-0.2, -0.15) is 0 Å². The summed E-state index contributed by atoms with van der Waals surface area (Å²) < 4.78 is 171. The lowest BCUT2D eigenvalue weighted by Crippen LogP contribution is -2.02. The smallest absolute Gasteiger partial charge is 0.195 e. The van der Waals surface area contributed by atoms with Gasteiger partial charge in [0.25, 0.3) is 0 Å². The van der Waals surface area contributed by atoms with Crippen LogP contribution in [0.3, 0.4) is 0 Å². The van der Waals surface area contributed by atoms with E-state index in [0.29, 0.717) is 30.3 Å². The number of hydrogen-bond donors (Lipinski definition) is 0. The van der Waals surface area contributed by atoms with Gasteiger partial charge in [-0.1, -0.05) is 0 Å². The molecule has 0 saturated carbocycles. The summed E-state index contributed by atoms with van der Waals surface area (Å²) in [6.07, 6.45) is 0. The maximum Gasteiger partial charge on any atom is 0.195 e. The monoisotopic (exact) mass is 572 g/mol. The maximum absolute atomic E-state index is 15.3. The first-order valence-corrected chi connectivity index (χ1v) is 10.9. The van der Waals surface area contributed by atoms with Gasteiger partial charge in [-0.3, -0.25) is 0 Å². The Morgan fingerprint density at radius 1 is 0.300 bits per heavy atom. The van der Waals surface area contributed by atoms with E-state index < -0.39 is 114 Å². The Morgan fingerprint density at radius 3 is 1.07 bits per heavy atom. The summed E-state index contributed by atoms with van der Waals surface area (Å²) in [5.74, 6) is -22.7. The zero-order valence-corrected chi connectivity index (χ0v) is 19.2. The van der Waals surface area contributed by atoms with Crippen molar-refractivity contribution in [3.05, 3.63) is 118 Å². The highest BCUT2D eigenvalue weighted by Gasteiger charge is 2.27. The van der Waals surface area contributed by atoms with Gasteiger partial charge in [0, 0.05) is 10.9 Å². The average molecular weight is 572 g/mol. The standard InChI is InChI=1S/C28H8F12/c29-14-2-9(3-15(30)24(14)36)13-1-10-4-20(35)27(39)28(40)23(10)22(12-7-18(33)26(38)19(34)8-12)21(13)11-5-16(31)25(37)17(32)6-11/h1-8H. The van der Waals surface area contributed by atoms with Gasteiger partial charge in [0.15, 0.2) is 69.8 Å². The van der Waals surface area contributed by atoms with Crippen molar-refractivity contribution >= 4 is 10.8 Å². The first-order valence-electron chi connectivity index (χ1n) is 10.9. The van der Waals surface area contributed by atoms with Gasteiger partial charge in [-0.05, 0) is 81.7 Å². The number of rotatable bonds is 3. The van der Waals surface area contributed by atoms with Crippen LogP contribution < -0.4 is 0 Å². The van der Waals surface area contributed by atoms with Crippen LogP contribution in [-0.2, 0) is 0 Å². The van der Waals surface area contributed by atoms with Crippen LogP contribution in [0, 0.1) is 69.8 Å². The molecular weight excluding hydrogens is 564 g/mol. The van der Waals surface area contributed by atoms with E-state index in [9.17, 15) is 48.3 Å². The van der Waals surface area contributed by atoms with Crippen LogP contribution in [0.2, 0.25) is 0 Å². The van der Waals surface area contributed by atoms with Crippen LogP contribution in [0.1, 0.15) is 0 Å². The van der Waals surface area contributed by atoms with E-state index >= 15 is 4.39 Å². The number of benzene rings is 5. The highest BCUT2D eigenvalue weighted by Crippen LogP contribution is 2.47.